The van der Waals surface area contributed by atoms with Crippen molar-refractivity contribution in [3.8, 4) is 0 Å². The van der Waals surface area contributed by atoms with Crippen molar-refractivity contribution in [1.82, 2.24) is 5.32 Å². The highest BCUT2D eigenvalue weighted by atomic mass is 16.5. The van der Waals surface area contributed by atoms with Crippen LogP contribution >= 0.6 is 0 Å². The molecule has 0 aromatic heterocycles. The number of Topliss-reactive ketones (excluding diaryl/α,β-unsaturated/α-hetero) is 1. The Labute approximate surface area is 128 Å². The van der Waals surface area contributed by atoms with Gasteiger partial charge in [-0.25, -0.2) is 0 Å². The number of hydrogen-bond donors (Lipinski definition) is 2. The van der Waals surface area contributed by atoms with Crippen LogP contribution in [0.5, 0.6) is 0 Å². The number of methoxy groups -OCH3 is 1. The number of carbonyl (C=O) groups is 4. The van der Waals surface area contributed by atoms with Gasteiger partial charge in [-0.05, 0) is 18.2 Å². The second kappa shape index (κ2) is 8.56. The zero-order valence-electron chi connectivity index (χ0n) is 12.5. The van der Waals surface area contributed by atoms with E-state index in [-0.39, 0.29) is 31.1 Å². The van der Waals surface area contributed by atoms with E-state index in [0.29, 0.717) is 11.3 Å². The number of hydrogen-bond acceptors (Lipinski definition) is 5. The molecule has 0 heterocycles. The van der Waals surface area contributed by atoms with Crippen molar-refractivity contribution in [2.45, 2.75) is 19.8 Å². The fourth-order valence-corrected chi connectivity index (χ4v) is 1.65. The number of benzene rings is 1. The van der Waals surface area contributed by atoms with E-state index >= 15 is 0 Å². The van der Waals surface area contributed by atoms with Crippen molar-refractivity contribution < 1.29 is 23.9 Å². The van der Waals surface area contributed by atoms with Gasteiger partial charge in [0.1, 0.15) is 0 Å². The van der Waals surface area contributed by atoms with Gasteiger partial charge >= 0.3 is 5.97 Å². The second-order valence-corrected chi connectivity index (χ2v) is 4.56. The van der Waals surface area contributed by atoms with Gasteiger partial charge in [0.25, 0.3) is 5.91 Å². The molecular formula is C15H18N2O5. The zero-order chi connectivity index (χ0) is 16.5. The van der Waals surface area contributed by atoms with Crippen LogP contribution in [0.4, 0.5) is 5.69 Å². The van der Waals surface area contributed by atoms with E-state index in [1.54, 1.807) is 18.2 Å². The van der Waals surface area contributed by atoms with E-state index < -0.39 is 11.9 Å². The minimum atomic E-state index is -0.470. The number of rotatable bonds is 7. The molecule has 0 aliphatic heterocycles. The largest absolute Gasteiger partial charge is 0.469 e. The number of nitrogens with one attached hydrogen (secondary N) is 2. The van der Waals surface area contributed by atoms with Gasteiger partial charge in [0.05, 0.1) is 20.1 Å². The van der Waals surface area contributed by atoms with Crippen LogP contribution < -0.4 is 10.6 Å². The molecule has 0 atom stereocenters. The van der Waals surface area contributed by atoms with Crippen molar-refractivity contribution in [2.75, 3.05) is 19.0 Å². The van der Waals surface area contributed by atoms with Crippen LogP contribution in [0.15, 0.2) is 24.3 Å². The average molecular weight is 306 g/mol. The summed E-state index contributed by atoms with van der Waals surface area (Å²) < 4.78 is 4.43. The van der Waals surface area contributed by atoms with Crippen molar-refractivity contribution in [2.24, 2.45) is 0 Å². The van der Waals surface area contributed by atoms with Crippen molar-refractivity contribution in [1.29, 1.82) is 0 Å². The first kappa shape index (κ1) is 17.4. The third-order valence-corrected chi connectivity index (χ3v) is 2.73. The van der Waals surface area contributed by atoms with E-state index in [1.807, 2.05) is 0 Å². The number of carbonyl (C=O) groups excluding carboxylic acids is 4. The molecule has 0 unspecified atom stereocenters. The molecule has 1 rings (SSSR count). The lowest BCUT2D eigenvalue weighted by Crippen LogP contribution is -2.29. The summed E-state index contributed by atoms with van der Waals surface area (Å²) in [7, 11) is 1.25. The maximum atomic E-state index is 11.9. The molecule has 0 saturated carbocycles. The van der Waals surface area contributed by atoms with E-state index in [4.69, 9.17) is 0 Å². The average Bonchev–Trinajstić information content (AvgIpc) is 2.49. The summed E-state index contributed by atoms with van der Waals surface area (Å²) >= 11 is 0. The van der Waals surface area contributed by atoms with Crippen LogP contribution in [-0.2, 0) is 19.1 Å². The molecule has 22 heavy (non-hydrogen) atoms. The molecule has 0 aliphatic rings. The smallest absolute Gasteiger partial charge is 0.305 e. The summed E-state index contributed by atoms with van der Waals surface area (Å²) in [5.74, 6) is -1.41. The topological polar surface area (TPSA) is 102 Å². The van der Waals surface area contributed by atoms with Gasteiger partial charge in [0.2, 0.25) is 5.91 Å². The quantitative estimate of drug-likeness (QED) is 0.729. The summed E-state index contributed by atoms with van der Waals surface area (Å²) in [6, 6.07) is 6.36. The van der Waals surface area contributed by atoms with Crippen LogP contribution in [0.2, 0.25) is 0 Å². The Kier molecular flexibility index (Phi) is 6.75. The first-order chi connectivity index (χ1) is 10.4. The van der Waals surface area contributed by atoms with Gasteiger partial charge in [-0.1, -0.05) is 6.07 Å². The van der Waals surface area contributed by atoms with Crippen LogP contribution in [0, 0.1) is 0 Å². The molecule has 2 N–H and O–H groups in total. The van der Waals surface area contributed by atoms with E-state index in [0.717, 1.165) is 0 Å². The third kappa shape index (κ3) is 6.17. The van der Waals surface area contributed by atoms with Gasteiger partial charge in [-0.3, -0.25) is 19.2 Å². The Morgan fingerprint density at radius 2 is 1.86 bits per heavy atom. The van der Waals surface area contributed by atoms with E-state index in [2.05, 4.69) is 15.4 Å². The monoisotopic (exact) mass is 306 g/mol. The van der Waals surface area contributed by atoms with Crippen LogP contribution in [0.25, 0.3) is 0 Å². The predicted molar refractivity (Wildman–Crippen MR) is 79.3 cm³/mol. The molecule has 0 radical (unpaired) electrons. The number of amides is 2. The van der Waals surface area contributed by atoms with Crippen LogP contribution in [0.1, 0.15) is 30.1 Å². The maximum Gasteiger partial charge on any atom is 0.305 e. The molecule has 1 aromatic rings. The first-order valence-electron chi connectivity index (χ1n) is 6.66. The number of ether oxygens (including phenoxy) is 1. The highest BCUT2D eigenvalue weighted by molar-refractivity contribution is 5.98. The molecule has 0 fully saturated rings. The van der Waals surface area contributed by atoms with Gasteiger partial charge < -0.3 is 15.4 Å². The van der Waals surface area contributed by atoms with Crippen LogP contribution in [0.3, 0.4) is 0 Å². The van der Waals surface area contributed by atoms with Gasteiger partial charge in [-0.15, -0.1) is 0 Å². The molecule has 1 aromatic carbocycles. The van der Waals surface area contributed by atoms with E-state index in [1.165, 1.54) is 20.1 Å². The molecule has 7 heteroatoms. The first-order valence-corrected chi connectivity index (χ1v) is 6.66. The minimum absolute atomic E-state index is 0.0107. The molecule has 0 spiro atoms. The van der Waals surface area contributed by atoms with E-state index in [9.17, 15) is 19.2 Å². The van der Waals surface area contributed by atoms with Gasteiger partial charge in [-0.2, -0.15) is 0 Å². The van der Waals surface area contributed by atoms with Crippen molar-refractivity contribution >= 4 is 29.3 Å². The Morgan fingerprint density at radius 1 is 1.14 bits per heavy atom. The highest BCUT2D eigenvalue weighted by Gasteiger charge is 2.10. The molecule has 7 nitrogen and oxygen atoms in total. The maximum absolute atomic E-state index is 11.9. The summed E-state index contributed by atoms with van der Waals surface area (Å²) in [5, 5.41) is 5.03. The minimum Gasteiger partial charge on any atom is -0.469 e. The number of esters is 1. The Bertz CT molecular complexity index is 583. The van der Waals surface area contributed by atoms with Crippen molar-refractivity contribution in [3.05, 3.63) is 29.8 Å². The Balaban J connectivity index is 2.50. The van der Waals surface area contributed by atoms with Gasteiger partial charge in [0.15, 0.2) is 5.78 Å². The molecule has 0 aliphatic carbocycles. The lowest BCUT2D eigenvalue weighted by molar-refractivity contribution is -0.141. The fourth-order valence-electron chi connectivity index (χ4n) is 1.65. The molecular weight excluding hydrogens is 288 g/mol. The SMILES string of the molecule is COC(=O)CCC(=O)CNC(=O)c1cccc(NC(C)=O)c1. The second-order valence-electron chi connectivity index (χ2n) is 4.56. The number of ketones is 1. The van der Waals surface area contributed by atoms with Crippen molar-refractivity contribution in [3.63, 3.8) is 0 Å². The molecule has 118 valence electrons. The normalized spacial score (nSPS) is 9.73. The molecule has 0 bridgehead atoms. The predicted octanol–water partition coefficient (Wildman–Crippen LogP) is 0.897. The molecule has 0 saturated heterocycles. The van der Waals surface area contributed by atoms with Crippen LogP contribution in [-0.4, -0.2) is 37.2 Å². The summed E-state index contributed by atoms with van der Waals surface area (Å²) in [6.07, 6.45) is 0.00209. The summed E-state index contributed by atoms with van der Waals surface area (Å²) in [6.45, 7) is 1.20. The third-order valence-electron chi connectivity index (χ3n) is 2.73. The lowest BCUT2D eigenvalue weighted by atomic mass is 10.1. The Morgan fingerprint density at radius 3 is 2.50 bits per heavy atom. The lowest BCUT2D eigenvalue weighted by Gasteiger charge is -2.07. The zero-order valence-corrected chi connectivity index (χ0v) is 12.5. The highest BCUT2D eigenvalue weighted by Crippen LogP contribution is 2.10. The fraction of sp³-hybridized carbons (Fsp3) is 0.333. The molecule has 2 amide bonds. The Hall–Kier alpha value is -2.70. The van der Waals surface area contributed by atoms with Gasteiger partial charge in [0, 0.05) is 24.6 Å². The summed E-state index contributed by atoms with van der Waals surface area (Å²) in [5.41, 5.74) is 0.823. The summed E-state index contributed by atoms with van der Waals surface area (Å²) in [4.78, 5) is 45.3. The number of anilines is 1. The standard InChI is InChI=1S/C15H18N2O5/c1-10(18)17-12-5-3-4-11(8-12)15(21)16-9-13(19)6-7-14(20)22-2/h3-5,8H,6-7,9H2,1-2H3,(H,16,21)(H,17,18).